The van der Waals surface area contributed by atoms with E-state index in [0.29, 0.717) is 32.4 Å². The topological polar surface area (TPSA) is 91.0 Å². The lowest BCUT2D eigenvalue weighted by atomic mass is 10.1. The van der Waals surface area contributed by atoms with Gasteiger partial charge < -0.3 is 9.26 Å². The molecule has 3 aromatic heterocycles. The van der Waals surface area contributed by atoms with Crippen LogP contribution in [0.4, 0.5) is 4.39 Å². The molecule has 1 aromatic carbocycles. The smallest absolute Gasteiger partial charge is 0.351 e. The maximum absolute atomic E-state index is 13.8. The number of hydrogen-bond acceptors (Lipinski definition) is 8. The number of thiazole rings is 1. The second-order valence-electron chi connectivity index (χ2n) is 6.62. The van der Waals surface area contributed by atoms with Crippen LogP contribution in [0.3, 0.4) is 0 Å². The minimum absolute atomic E-state index is 0.117. The van der Waals surface area contributed by atoms with Gasteiger partial charge in [0.25, 0.3) is 5.89 Å². The number of nitrogens with zero attached hydrogens (tertiary/aromatic N) is 4. The molecule has 3 heterocycles. The van der Waals surface area contributed by atoms with Crippen molar-refractivity contribution < 1.29 is 18.4 Å². The molecular formula is C21H17FN4O3S. The number of carbonyl (C=O) groups excluding carboxylic acids is 1. The van der Waals surface area contributed by atoms with E-state index in [0.717, 1.165) is 0 Å². The Kier molecular flexibility index (Phi) is 5.37. The maximum atomic E-state index is 13.8. The van der Waals surface area contributed by atoms with E-state index in [-0.39, 0.29) is 17.5 Å². The first-order valence-electron chi connectivity index (χ1n) is 9.12. The molecule has 0 N–H and O–H groups in total. The molecule has 0 aliphatic rings. The van der Waals surface area contributed by atoms with Crippen LogP contribution in [0.15, 0.2) is 47.1 Å². The molecule has 0 bridgehead atoms. The van der Waals surface area contributed by atoms with Gasteiger partial charge in [-0.2, -0.15) is 4.98 Å². The summed E-state index contributed by atoms with van der Waals surface area (Å²) in [5, 5.41) is 4.49. The standard InChI is InChI=1S/C21H17FN4O3S/c1-11-7-8-14(10-15(11)22)18-25-19(29-26-18)13(3)28-21(27)17-12(2)24-20(30-17)16-6-4-5-9-23-16/h4-10,13H,1-3H3/t13-/m1/s1. The zero-order chi connectivity index (χ0) is 21.3. The van der Waals surface area contributed by atoms with E-state index >= 15 is 0 Å². The fraction of sp³-hybridized carbons (Fsp3) is 0.190. The van der Waals surface area contributed by atoms with Gasteiger partial charge in [0.2, 0.25) is 5.82 Å². The van der Waals surface area contributed by atoms with Crippen LogP contribution in [0.5, 0.6) is 0 Å². The van der Waals surface area contributed by atoms with E-state index in [9.17, 15) is 9.18 Å². The number of esters is 1. The lowest BCUT2D eigenvalue weighted by molar-refractivity contribution is 0.0270. The van der Waals surface area contributed by atoms with E-state index in [1.807, 2.05) is 18.2 Å². The Bertz CT molecular complexity index is 1210. The molecule has 4 rings (SSSR count). The molecule has 0 spiro atoms. The Hall–Kier alpha value is -3.46. The predicted octanol–water partition coefficient (Wildman–Crippen LogP) is 4.93. The molecule has 0 saturated carbocycles. The third kappa shape index (κ3) is 3.97. The van der Waals surface area contributed by atoms with Crippen LogP contribution in [0.2, 0.25) is 0 Å². The van der Waals surface area contributed by atoms with Gasteiger partial charge in [-0.05, 0) is 44.5 Å². The van der Waals surface area contributed by atoms with Crippen LogP contribution in [0, 0.1) is 19.7 Å². The van der Waals surface area contributed by atoms with Crippen molar-refractivity contribution in [1.82, 2.24) is 20.1 Å². The van der Waals surface area contributed by atoms with Crippen molar-refractivity contribution in [2.75, 3.05) is 0 Å². The van der Waals surface area contributed by atoms with Gasteiger partial charge in [-0.3, -0.25) is 4.98 Å². The summed E-state index contributed by atoms with van der Waals surface area (Å²) in [5.41, 5.74) is 2.24. The first-order valence-corrected chi connectivity index (χ1v) is 9.94. The minimum Gasteiger partial charge on any atom is -0.448 e. The second-order valence-corrected chi connectivity index (χ2v) is 7.62. The molecule has 0 amide bonds. The zero-order valence-corrected chi connectivity index (χ0v) is 17.2. The zero-order valence-electron chi connectivity index (χ0n) is 16.4. The van der Waals surface area contributed by atoms with Crippen LogP contribution < -0.4 is 0 Å². The lowest BCUT2D eigenvalue weighted by Gasteiger charge is -2.07. The van der Waals surface area contributed by atoms with Crippen molar-refractivity contribution in [2.45, 2.75) is 26.9 Å². The summed E-state index contributed by atoms with van der Waals surface area (Å²) in [5.74, 6) is -0.562. The molecule has 9 heteroatoms. The number of benzene rings is 1. The lowest BCUT2D eigenvalue weighted by Crippen LogP contribution is -2.09. The third-order valence-corrected chi connectivity index (χ3v) is 5.53. The van der Waals surface area contributed by atoms with Gasteiger partial charge in [0, 0.05) is 11.8 Å². The molecule has 0 radical (unpaired) electrons. The van der Waals surface area contributed by atoms with Crippen molar-refractivity contribution >= 4 is 17.3 Å². The molecule has 0 aliphatic heterocycles. The monoisotopic (exact) mass is 424 g/mol. The van der Waals surface area contributed by atoms with E-state index in [1.54, 1.807) is 39.1 Å². The largest absolute Gasteiger partial charge is 0.448 e. The normalized spacial score (nSPS) is 12.0. The number of pyridine rings is 1. The predicted molar refractivity (Wildman–Crippen MR) is 108 cm³/mol. The molecular weight excluding hydrogens is 407 g/mol. The van der Waals surface area contributed by atoms with Crippen LogP contribution in [0.25, 0.3) is 22.1 Å². The second kappa shape index (κ2) is 8.11. The highest BCUT2D eigenvalue weighted by Crippen LogP contribution is 2.29. The Morgan fingerprint density at radius 3 is 2.77 bits per heavy atom. The van der Waals surface area contributed by atoms with E-state index < -0.39 is 12.1 Å². The highest BCUT2D eigenvalue weighted by Gasteiger charge is 2.24. The highest BCUT2D eigenvalue weighted by atomic mass is 32.1. The van der Waals surface area contributed by atoms with Crippen LogP contribution in [-0.4, -0.2) is 26.1 Å². The van der Waals surface area contributed by atoms with E-state index in [4.69, 9.17) is 9.26 Å². The Morgan fingerprint density at radius 1 is 1.20 bits per heavy atom. The van der Waals surface area contributed by atoms with Crippen molar-refractivity contribution in [1.29, 1.82) is 0 Å². The van der Waals surface area contributed by atoms with Gasteiger partial charge >= 0.3 is 5.97 Å². The van der Waals surface area contributed by atoms with E-state index in [1.165, 1.54) is 17.4 Å². The minimum atomic E-state index is -0.783. The van der Waals surface area contributed by atoms with Gasteiger partial charge in [-0.25, -0.2) is 14.2 Å². The number of aryl methyl sites for hydroxylation is 2. The Labute approximate surface area is 175 Å². The summed E-state index contributed by atoms with van der Waals surface area (Å²) in [6.07, 6.45) is 0.882. The number of halogens is 1. The van der Waals surface area contributed by atoms with Crippen molar-refractivity contribution in [2.24, 2.45) is 0 Å². The molecule has 7 nitrogen and oxygen atoms in total. The van der Waals surface area contributed by atoms with Crippen LogP contribution in [-0.2, 0) is 4.74 Å². The highest BCUT2D eigenvalue weighted by molar-refractivity contribution is 7.17. The van der Waals surface area contributed by atoms with Crippen molar-refractivity contribution in [3.8, 4) is 22.1 Å². The number of hydrogen-bond donors (Lipinski definition) is 0. The van der Waals surface area contributed by atoms with Crippen molar-refractivity contribution in [3.63, 3.8) is 0 Å². The Balaban J connectivity index is 1.50. The average Bonchev–Trinajstić information content (AvgIpc) is 3.38. The van der Waals surface area contributed by atoms with Gasteiger partial charge in [0.1, 0.15) is 15.7 Å². The summed E-state index contributed by atoms with van der Waals surface area (Å²) < 4.78 is 24.5. The van der Waals surface area contributed by atoms with Gasteiger partial charge in [0.05, 0.1) is 11.4 Å². The average molecular weight is 424 g/mol. The van der Waals surface area contributed by atoms with Gasteiger partial charge in [-0.15, -0.1) is 11.3 Å². The molecule has 1 atom stereocenters. The third-order valence-electron chi connectivity index (χ3n) is 4.37. The summed E-state index contributed by atoms with van der Waals surface area (Å²) in [6.45, 7) is 5.03. The summed E-state index contributed by atoms with van der Waals surface area (Å²) in [6, 6.07) is 10.2. The summed E-state index contributed by atoms with van der Waals surface area (Å²) in [4.78, 5) is 25.9. The van der Waals surface area contributed by atoms with Crippen molar-refractivity contribution in [3.05, 3.63) is 70.4 Å². The number of carbonyl (C=O) groups is 1. The molecule has 0 saturated heterocycles. The molecule has 0 aliphatic carbocycles. The molecule has 152 valence electrons. The molecule has 0 fully saturated rings. The van der Waals surface area contributed by atoms with E-state index in [2.05, 4.69) is 20.1 Å². The fourth-order valence-corrected chi connectivity index (χ4v) is 3.62. The number of ether oxygens (including phenoxy) is 1. The molecule has 30 heavy (non-hydrogen) atoms. The maximum Gasteiger partial charge on any atom is 0.351 e. The first-order chi connectivity index (χ1) is 14.4. The Morgan fingerprint density at radius 2 is 2.03 bits per heavy atom. The summed E-state index contributed by atoms with van der Waals surface area (Å²) >= 11 is 1.21. The van der Waals surface area contributed by atoms with Gasteiger partial charge in [0.15, 0.2) is 6.10 Å². The summed E-state index contributed by atoms with van der Waals surface area (Å²) in [7, 11) is 0. The SMILES string of the molecule is Cc1ccc(-c2noc([C@@H](C)OC(=O)c3sc(-c4ccccn4)nc3C)n2)cc1F. The van der Waals surface area contributed by atoms with Gasteiger partial charge in [-0.1, -0.05) is 23.4 Å². The quantitative estimate of drug-likeness (QED) is 0.420. The fourth-order valence-electron chi connectivity index (χ4n) is 2.70. The van der Waals surface area contributed by atoms with Crippen LogP contribution in [0.1, 0.15) is 39.8 Å². The molecule has 4 aromatic rings. The number of rotatable bonds is 5. The number of aromatic nitrogens is 4. The first kappa shape index (κ1) is 19.8. The van der Waals surface area contributed by atoms with Crippen LogP contribution >= 0.6 is 11.3 Å². The molecule has 0 unspecified atom stereocenters.